The van der Waals surface area contributed by atoms with Crippen LogP contribution in [0.25, 0.3) is 0 Å². The van der Waals surface area contributed by atoms with E-state index in [0.29, 0.717) is 0 Å². The summed E-state index contributed by atoms with van der Waals surface area (Å²) in [7, 11) is 0.183. The number of hydrogen-bond donors (Lipinski definition) is 2. The number of nitrogens with zero attached hydrogens (tertiary/aromatic N) is 3. The second-order valence-corrected chi connectivity index (χ2v) is 6.03. The Labute approximate surface area is 113 Å². The van der Waals surface area contributed by atoms with E-state index in [1.807, 2.05) is 7.05 Å². The van der Waals surface area contributed by atoms with Gasteiger partial charge in [0.05, 0.1) is 6.20 Å². The predicted octanol–water partition coefficient (Wildman–Crippen LogP) is -0.671. The molecule has 1 aromatic heterocycles. The van der Waals surface area contributed by atoms with Gasteiger partial charge >= 0.3 is 0 Å². The highest BCUT2D eigenvalue weighted by Gasteiger charge is 2.22. The Bertz CT molecular complexity index is 489. The Balaban J connectivity index is 0.00000162. The molecule has 0 radical (unpaired) electrons. The van der Waals surface area contributed by atoms with E-state index in [2.05, 4.69) is 20.3 Å². The number of aromatic nitrogens is 2. The molecule has 0 aliphatic carbocycles. The molecule has 0 unspecified atom stereocenters. The van der Waals surface area contributed by atoms with Crippen LogP contribution in [0, 0.1) is 0 Å². The van der Waals surface area contributed by atoms with Crippen LogP contribution in [0.5, 0.6) is 0 Å². The average molecular weight is 296 g/mol. The van der Waals surface area contributed by atoms with E-state index in [9.17, 15) is 8.42 Å². The van der Waals surface area contributed by atoms with Crippen molar-refractivity contribution in [3.05, 3.63) is 12.4 Å². The monoisotopic (exact) mass is 295 g/mol. The maximum atomic E-state index is 11.8. The summed E-state index contributed by atoms with van der Waals surface area (Å²) in [6.07, 6.45) is 3.72. The van der Waals surface area contributed by atoms with Crippen LogP contribution in [-0.4, -0.2) is 49.3 Å². The average Bonchev–Trinajstić information content (AvgIpc) is 2.85. The van der Waals surface area contributed by atoms with Gasteiger partial charge < -0.3 is 4.90 Å². The molecule has 1 atom stereocenters. The van der Waals surface area contributed by atoms with Crippen molar-refractivity contribution in [2.45, 2.75) is 17.4 Å². The van der Waals surface area contributed by atoms with Crippen molar-refractivity contribution >= 4 is 22.4 Å². The van der Waals surface area contributed by atoms with Gasteiger partial charge in [-0.1, -0.05) is 0 Å². The Morgan fingerprint density at radius 3 is 2.67 bits per heavy atom. The van der Waals surface area contributed by atoms with Crippen LogP contribution in [0.2, 0.25) is 0 Å². The molecular formula is C9H18ClN5O2S. The first kappa shape index (κ1) is 15.4. The molecule has 0 saturated carbocycles. The first-order chi connectivity index (χ1) is 7.97. The van der Waals surface area contributed by atoms with Gasteiger partial charge in [-0.05, 0) is 20.0 Å². The standard InChI is InChI=1S/C9H17N5O2S.ClH/c1-13-4-3-8(6-13)11-12-17(15,16)9-5-10-14(2)7-9;/h5,7-8,11-12H,3-4,6H2,1-2H3;1H/t8-;/m1./s1. The molecule has 0 spiro atoms. The van der Waals surface area contributed by atoms with E-state index in [0.717, 1.165) is 19.5 Å². The molecule has 2 rings (SSSR count). The number of hydrogen-bond acceptors (Lipinski definition) is 5. The molecule has 2 N–H and O–H groups in total. The third kappa shape index (κ3) is 3.66. The summed E-state index contributed by atoms with van der Waals surface area (Å²) in [5, 5.41) is 3.84. The minimum absolute atomic E-state index is 0. The van der Waals surface area contributed by atoms with Crippen molar-refractivity contribution in [2.75, 3.05) is 20.1 Å². The fraction of sp³-hybridized carbons (Fsp3) is 0.667. The summed E-state index contributed by atoms with van der Waals surface area (Å²) in [4.78, 5) is 4.71. The summed E-state index contributed by atoms with van der Waals surface area (Å²) < 4.78 is 25.1. The van der Waals surface area contributed by atoms with Crippen molar-refractivity contribution in [2.24, 2.45) is 7.05 Å². The van der Waals surface area contributed by atoms with Crippen molar-refractivity contribution in [3.63, 3.8) is 0 Å². The maximum absolute atomic E-state index is 11.8. The number of hydrazine groups is 1. The molecule has 104 valence electrons. The smallest absolute Gasteiger partial charge is 0.256 e. The van der Waals surface area contributed by atoms with Crippen molar-refractivity contribution < 1.29 is 8.42 Å². The molecule has 1 aliphatic heterocycles. The van der Waals surface area contributed by atoms with Gasteiger partial charge in [0.25, 0.3) is 10.0 Å². The third-order valence-corrected chi connectivity index (χ3v) is 4.00. The van der Waals surface area contributed by atoms with E-state index in [1.54, 1.807) is 7.05 Å². The van der Waals surface area contributed by atoms with E-state index < -0.39 is 10.0 Å². The molecular weight excluding hydrogens is 278 g/mol. The maximum Gasteiger partial charge on any atom is 0.256 e. The first-order valence-corrected chi connectivity index (χ1v) is 6.90. The molecule has 1 aromatic rings. The van der Waals surface area contributed by atoms with Gasteiger partial charge in [0.1, 0.15) is 4.90 Å². The SMILES string of the molecule is CN1CC[C@@H](NNS(=O)(=O)c2cnn(C)c2)C1.Cl. The number of aryl methyl sites for hydroxylation is 1. The number of halogens is 1. The van der Waals surface area contributed by atoms with Gasteiger partial charge in [0.2, 0.25) is 0 Å². The van der Waals surface area contributed by atoms with Gasteiger partial charge in [-0.25, -0.2) is 13.8 Å². The topological polar surface area (TPSA) is 79.3 Å². The van der Waals surface area contributed by atoms with Crippen molar-refractivity contribution in [3.8, 4) is 0 Å². The number of rotatable bonds is 4. The second-order valence-electron chi connectivity index (χ2n) is 4.35. The fourth-order valence-corrected chi connectivity index (χ4v) is 2.73. The van der Waals surface area contributed by atoms with Crippen molar-refractivity contribution in [1.29, 1.82) is 0 Å². The summed E-state index contributed by atoms with van der Waals surface area (Å²) in [5.74, 6) is 0. The fourth-order valence-electron chi connectivity index (χ4n) is 1.81. The van der Waals surface area contributed by atoms with Gasteiger partial charge in [0, 0.05) is 25.8 Å². The molecule has 7 nitrogen and oxygen atoms in total. The summed E-state index contributed by atoms with van der Waals surface area (Å²) >= 11 is 0. The molecule has 18 heavy (non-hydrogen) atoms. The lowest BCUT2D eigenvalue weighted by atomic mass is 10.3. The Kier molecular flexibility index (Phi) is 5.11. The van der Waals surface area contributed by atoms with Crippen LogP contribution in [0.1, 0.15) is 6.42 Å². The number of likely N-dealkylation sites (N-methyl/N-ethyl adjacent to an activating group) is 1. The quantitative estimate of drug-likeness (QED) is 0.720. The highest BCUT2D eigenvalue weighted by molar-refractivity contribution is 7.89. The Morgan fingerprint density at radius 1 is 1.44 bits per heavy atom. The minimum atomic E-state index is -3.51. The number of nitrogens with one attached hydrogen (secondary N) is 2. The molecule has 0 bridgehead atoms. The summed E-state index contributed by atoms with van der Waals surface area (Å²) in [6, 6.07) is 0.159. The third-order valence-electron chi connectivity index (χ3n) is 2.78. The zero-order valence-corrected chi connectivity index (χ0v) is 12.0. The van der Waals surface area contributed by atoms with Crippen LogP contribution >= 0.6 is 12.4 Å². The van der Waals surface area contributed by atoms with Crippen LogP contribution in [0.15, 0.2) is 17.3 Å². The van der Waals surface area contributed by atoms with E-state index in [-0.39, 0.29) is 23.3 Å². The largest absolute Gasteiger partial charge is 0.305 e. The zero-order valence-electron chi connectivity index (χ0n) is 10.3. The van der Waals surface area contributed by atoms with Crippen LogP contribution < -0.4 is 10.3 Å². The highest BCUT2D eigenvalue weighted by atomic mass is 35.5. The molecule has 0 aromatic carbocycles. The molecule has 1 saturated heterocycles. The van der Waals surface area contributed by atoms with Gasteiger partial charge in [0.15, 0.2) is 0 Å². The second kappa shape index (κ2) is 5.98. The van der Waals surface area contributed by atoms with Gasteiger partial charge in [-0.3, -0.25) is 4.68 Å². The predicted molar refractivity (Wildman–Crippen MR) is 69.8 cm³/mol. The Morgan fingerprint density at radius 2 is 2.17 bits per heavy atom. The van der Waals surface area contributed by atoms with Crippen LogP contribution in [-0.2, 0) is 17.1 Å². The van der Waals surface area contributed by atoms with E-state index in [1.165, 1.54) is 17.1 Å². The molecule has 1 fully saturated rings. The van der Waals surface area contributed by atoms with Gasteiger partial charge in [-0.2, -0.15) is 5.10 Å². The molecule has 0 amide bonds. The Hall–Kier alpha value is -0.670. The summed E-state index contributed by atoms with van der Waals surface area (Å²) in [6.45, 7) is 1.82. The van der Waals surface area contributed by atoms with E-state index >= 15 is 0 Å². The van der Waals surface area contributed by atoms with Crippen molar-refractivity contribution in [1.82, 2.24) is 24.9 Å². The van der Waals surface area contributed by atoms with Crippen LogP contribution in [0.4, 0.5) is 0 Å². The minimum Gasteiger partial charge on any atom is -0.305 e. The highest BCUT2D eigenvalue weighted by Crippen LogP contribution is 2.07. The lowest BCUT2D eigenvalue weighted by Crippen LogP contribution is -2.45. The van der Waals surface area contributed by atoms with E-state index in [4.69, 9.17) is 0 Å². The number of likely N-dealkylation sites (tertiary alicyclic amines) is 1. The lowest BCUT2D eigenvalue weighted by Gasteiger charge is -2.13. The lowest BCUT2D eigenvalue weighted by molar-refractivity contribution is 0.393. The number of sulfonamides is 1. The van der Waals surface area contributed by atoms with Gasteiger partial charge in [-0.15, -0.1) is 17.2 Å². The van der Waals surface area contributed by atoms with Crippen LogP contribution in [0.3, 0.4) is 0 Å². The molecule has 9 heteroatoms. The normalized spacial score (nSPS) is 20.9. The molecule has 1 aliphatic rings. The molecule has 2 heterocycles. The zero-order chi connectivity index (χ0) is 12.5. The summed E-state index contributed by atoms with van der Waals surface area (Å²) in [5.41, 5.74) is 2.84. The first-order valence-electron chi connectivity index (χ1n) is 5.42.